The first-order valence-corrected chi connectivity index (χ1v) is 7.84. The van der Waals surface area contributed by atoms with Crippen LogP contribution < -0.4 is 15.4 Å². The third-order valence-corrected chi connectivity index (χ3v) is 3.20. The van der Waals surface area contributed by atoms with Gasteiger partial charge in [0.05, 0.1) is 19.9 Å². The molecule has 0 aliphatic heterocycles. The highest BCUT2D eigenvalue weighted by atomic mass is 16.5. The Morgan fingerprint density at radius 3 is 2.92 bits per heavy atom. The summed E-state index contributed by atoms with van der Waals surface area (Å²) in [6, 6.07) is 7.67. The summed E-state index contributed by atoms with van der Waals surface area (Å²) in [5, 5.41) is 13.1. The van der Waals surface area contributed by atoms with Crippen LogP contribution in [0.25, 0.3) is 0 Å². The van der Waals surface area contributed by atoms with Crippen LogP contribution in [0.3, 0.4) is 0 Å². The van der Waals surface area contributed by atoms with Crippen molar-refractivity contribution in [1.29, 1.82) is 0 Å². The van der Waals surface area contributed by atoms with Gasteiger partial charge in [-0.1, -0.05) is 12.1 Å². The van der Waals surface area contributed by atoms with E-state index in [0.29, 0.717) is 13.0 Å². The fraction of sp³-hybridized carbons (Fsp3) is 0.375. The zero-order valence-electron chi connectivity index (χ0n) is 14.2. The second kappa shape index (κ2) is 9.26. The molecule has 2 amide bonds. The van der Waals surface area contributed by atoms with Crippen molar-refractivity contribution in [3.05, 3.63) is 36.0 Å². The van der Waals surface area contributed by atoms with E-state index in [9.17, 15) is 9.59 Å². The van der Waals surface area contributed by atoms with Gasteiger partial charge in [-0.05, 0) is 31.0 Å². The number of methoxy groups -OCH3 is 1. The number of anilines is 1. The van der Waals surface area contributed by atoms with Crippen LogP contribution in [0.15, 0.2) is 30.5 Å². The largest absolute Gasteiger partial charge is 0.497 e. The van der Waals surface area contributed by atoms with E-state index >= 15 is 0 Å². The van der Waals surface area contributed by atoms with Crippen LogP contribution in [0, 0.1) is 0 Å². The van der Waals surface area contributed by atoms with Gasteiger partial charge >= 0.3 is 6.09 Å². The summed E-state index contributed by atoms with van der Waals surface area (Å²) >= 11 is 0. The molecule has 9 heteroatoms. The Morgan fingerprint density at radius 1 is 1.32 bits per heavy atom. The molecule has 1 heterocycles. The molecule has 1 aromatic carbocycles. The van der Waals surface area contributed by atoms with Gasteiger partial charge in [0.1, 0.15) is 12.3 Å². The molecule has 0 radical (unpaired) electrons. The van der Waals surface area contributed by atoms with Crippen LogP contribution in [0.5, 0.6) is 5.75 Å². The van der Waals surface area contributed by atoms with Crippen LogP contribution in [-0.4, -0.2) is 47.3 Å². The molecule has 0 spiro atoms. The molecule has 2 N–H and O–H groups in total. The highest BCUT2D eigenvalue weighted by Gasteiger charge is 2.09. The molecule has 0 aliphatic rings. The minimum absolute atomic E-state index is 0.0391. The Labute approximate surface area is 145 Å². The number of rotatable bonds is 8. The molecule has 0 saturated carbocycles. The molecule has 0 aliphatic carbocycles. The molecule has 0 unspecified atom stereocenters. The number of amides is 2. The topological polar surface area (TPSA) is 107 Å². The third-order valence-electron chi connectivity index (χ3n) is 3.20. The summed E-state index contributed by atoms with van der Waals surface area (Å²) in [4.78, 5) is 24.4. The van der Waals surface area contributed by atoms with E-state index in [-0.39, 0.29) is 24.9 Å². The predicted octanol–water partition coefficient (Wildman–Crippen LogP) is 1.21. The first-order chi connectivity index (χ1) is 12.1. The number of carbonyl (C=O) groups is 2. The van der Waals surface area contributed by atoms with Crippen molar-refractivity contribution < 1.29 is 19.1 Å². The summed E-state index contributed by atoms with van der Waals surface area (Å²) in [5.74, 6) is 0.787. The summed E-state index contributed by atoms with van der Waals surface area (Å²) in [7, 11) is 1.61. The van der Waals surface area contributed by atoms with E-state index < -0.39 is 6.09 Å². The summed E-state index contributed by atoms with van der Waals surface area (Å²) in [6.07, 6.45) is 1.42. The quantitative estimate of drug-likeness (QED) is 0.743. The molecule has 2 aromatic rings. The number of benzene rings is 1. The lowest BCUT2D eigenvalue weighted by atomic mass is 10.1. The summed E-state index contributed by atoms with van der Waals surface area (Å²) in [6.45, 7) is 2.41. The van der Waals surface area contributed by atoms with Gasteiger partial charge in [0, 0.05) is 6.54 Å². The predicted molar refractivity (Wildman–Crippen MR) is 90.4 cm³/mol. The fourth-order valence-electron chi connectivity index (χ4n) is 2.06. The maximum absolute atomic E-state index is 11.9. The van der Waals surface area contributed by atoms with E-state index in [2.05, 4.69) is 20.8 Å². The van der Waals surface area contributed by atoms with E-state index in [1.807, 2.05) is 24.3 Å². The first-order valence-electron chi connectivity index (χ1n) is 7.84. The average molecular weight is 347 g/mol. The SMILES string of the molecule is CCOC(=O)Nc1cnn(CC(=O)NCCc2cccc(OC)c2)n1. The standard InChI is InChI=1S/C16H21N5O4/c1-3-25-16(23)19-14-10-18-21(20-14)11-15(22)17-8-7-12-5-4-6-13(9-12)24-2/h4-6,9-10H,3,7-8,11H2,1-2H3,(H,17,22)(H,19,20,23). The molecular weight excluding hydrogens is 326 g/mol. The second-order valence-electron chi connectivity index (χ2n) is 5.06. The highest BCUT2D eigenvalue weighted by molar-refractivity contribution is 5.83. The second-order valence-corrected chi connectivity index (χ2v) is 5.06. The molecule has 0 saturated heterocycles. The maximum Gasteiger partial charge on any atom is 0.412 e. The molecule has 25 heavy (non-hydrogen) atoms. The lowest BCUT2D eigenvalue weighted by Crippen LogP contribution is -2.30. The van der Waals surface area contributed by atoms with Crippen LogP contribution in [0.2, 0.25) is 0 Å². The molecule has 0 bridgehead atoms. The summed E-state index contributed by atoms with van der Waals surface area (Å²) < 4.78 is 9.89. The van der Waals surface area contributed by atoms with E-state index in [1.54, 1.807) is 14.0 Å². The van der Waals surface area contributed by atoms with Gasteiger partial charge in [-0.3, -0.25) is 10.1 Å². The van der Waals surface area contributed by atoms with Crippen LogP contribution in [0.4, 0.5) is 10.6 Å². The minimum Gasteiger partial charge on any atom is -0.497 e. The van der Waals surface area contributed by atoms with Gasteiger partial charge in [-0.15, -0.1) is 5.10 Å². The van der Waals surface area contributed by atoms with Crippen molar-refractivity contribution in [3.8, 4) is 5.75 Å². The minimum atomic E-state index is -0.614. The fourth-order valence-corrected chi connectivity index (χ4v) is 2.06. The molecule has 1 aromatic heterocycles. The summed E-state index contributed by atoms with van der Waals surface area (Å²) in [5.41, 5.74) is 1.07. The van der Waals surface area contributed by atoms with Gasteiger partial charge in [-0.25, -0.2) is 4.79 Å². The Hall–Kier alpha value is -3.10. The zero-order chi connectivity index (χ0) is 18.1. The van der Waals surface area contributed by atoms with Crippen molar-refractivity contribution >= 4 is 17.8 Å². The van der Waals surface area contributed by atoms with Crippen LogP contribution in [-0.2, 0) is 22.5 Å². The monoisotopic (exact) mass is 347 g/mol. The number of hydrogen-bond acceptors (Lipinski definition) is 6. The lowest BCUT2D eigenvalue weighted by molar-refractivity contribution is -0.122. The number of nitrogens with zero attached hydrogens (tertiary/aromatic N) is 3. The Balaban J connectivity index is 1.74. The third kappa shape index (κ3) is 6.13. The number of aromatic nitrogens is 3. The van der Waals surface area contributed by atoms with Crippen LogP contribution in [0.1, 0.15) is 12.5 Å². The molecule has 0 atom stereocenters. The number of ether oxygens (including phenoxy) is 2. The van der Waals surface area contributed by atoms with E-state index in [4.69, 9.17) is 9.47 Å². The van der Waals surface area contributed by atoms with Gasteiger partial charge in [0.15, 0.2) is 5.82 Å². The Morgan fingerprint density at radius 2 is 2.16 bits per heavy atom. The Kier molecular flexibility index (Phi) is 6.76. The molecule has 9 nitrogen and oxygen atoms in total. The van der Waals surface area contributed by atoms with Gasteiger partial charge in [-0.2, -0.15) is 9.90 Å². The van der Waals surface area contributed by atoms with Crippen molar-refractivity contribution in [3.63, 3.8) is 0 Å². The number of nitrogens with one attached hydrogen (secondary N) is 2. The molecule has 2 rings (SSSR count). The van der Waals surface area contributed by atoms with Gasteiger partial charge in [0.25, 0.3) is 0 Å². The van der Waals surface area contributed by atoms with Crippen molar-refractivity contribution in [1.82, 2.24) is 20.3 Å². The average Bonchev–Trinajstić information content (AvgIpc) is 3.02. The molecule has 134 valence electrons. The first kappa shape index (κ1) is 18.2. The van der Waals surface area contributed by atoms with Crippen molar-refractivity contribution in [2.24, 2.45) is 0 Å². The normalized spacial score (nSPS) is 10.2. The van der Waals surface area contributed by atoms with Crippen LogP contribution >= 0.6 is 0 Å². The van der Waals surface area contributed by atoms with Crippen molar-refractivity contribution in [2.75, 3.05) is 25.6 Å². The van der Waals surface area contributed by atoms with Gasteiger partial charge < -0.3 is 14.8 Å². The maximum atomic E-state index is 11.9. The number of carbonyl (C=O) groups excluding carboxylic acids is 2. The van der Waals surface area contributed by atoms with Gasteiger partial charge in [0.2, 0.25) is 5.91 Å². The van der Waals surface area contributed by atoms with E-state index in [1.165, 1.54) is 11.0 Å². The van der Waals surface area contributed by atoms with E-state index in [0.717, 1.165) is 11.3 Å². The lowest BCUT2D eigenvalue weighted by Gasteiger charge is -2.06. The zero-order valence-corrected chi connectivity index (χ0v) is 14.2. The smallest absolute Gasteiger partial charge is 0.412 e. The Bertz CT molecular complexity index is 716. The molecular formula is C16H21N5O4. The molecule has 0 fully saturated rings. The highest BCUT2D eigenvalue weighted by Crippen LogP contribution is 2.12. The van der Waals surface area contributed by atoms with Crippen molar-refractivity contribution in [2.45, 2.75) is 19.9 Å². The number of hydrogen-bond donors (Lipinski definition) is 2.